The molecule has 4 aliphatic carbocycles. The van der Waals surface area contributed by atoms with Crippen molar-refractivity contribution in [2.45, 2.75) is 90.6 Å². The van der Waals surface area contributed by atoms with E-state index in [1.807, 2.05) is 36.4 Å². The van der Waals surface area contributed by atoms with E-state index >= 15 is 0 Å². The van der Waals surface area contributed by atoms with Crippen molar-refractivity contribution in [1.82, 2.24) is 0 Å². The quantitative estimate of drug-likeness (QED) is 0.257. The van der Waals surface area contributed by atoms with Crippen molar-refractivity contribution in [1.29, 1.82) is 0 Å². The Labute approximate surface area is 220 Å². The molecule has 0 unspecified atom stereocenters. The highest BCUT2D eigenvalue weighted by atomic mass is 28.2. The standard InChI is InChI=1S/C32H42O3Si/c1-20-21(2)28(31(3,4)5)29(32-16-23-13-24(17-32)15-25(14-23)18-32)30(35-36)26(20)19-34-27(33)12-11-22-9-7-6-8-10-22/h6-12,23-25H,13-19H2,1-5,36H3. The molecular formula is C32H42O3Si. The van der Waals surface area contributed by atoms with Crippen molar-refractivity contribution in [3.05, 3.63) is 69.8 Å². The normalized spacial score (nSPS) is 27.1. The second-order valence-corrected chi connectivity index (χ2v) is 13.2. The molecule has 0 spiro atoms. The number of carbonyl (C=O) groups is 1. The number of esters is 1. The Morgan fingerprint density at radius 1 is 1.00 bits per heavy atom. The second-order valence-electron chi connectivity index (χ2n) is 12.8. The zero-order valence-electron chi connectivity index (χ0n) is 22.9. The molecule has 6 rings (SSSR count). The van der Waals surface area contributed by atoms with Gasteiger partial charge in [-0.1, -0.05) is 51.1 Å². The van der Waals surface area contributed by atoms with Gasteiger partial charge in [0.25, 0.3) is 0 Å². The zero-order valence-corrected chi connectivity index (χ0v) is 24.9. The predicted molar refractivity (Wildman–Crippen MR) is 150 cm³/mol. The summed E-state index contributed by atoms with van der Waals surface area (Å²) in [4.78, 5) is 12.7. The summed E-state index contributed by atoms with van der Waals surface area (Å²) in [7, 11) is 0.617. The van der Waals surface area contributed by atoms with E-state index in [0.29, 0.717) is 10.5 Å². The molecule has 2 aromatic rings. The molecule has 4 fully saturated rings. The average molecular weight is 503 g/mol. The van der Waals surface area contributed by atoms with E-state index in [-0.39, 0.29) is 23.4 Å². The van der Waals surface area contributed by atoms with E-state index < -0.39 is 0 Å². The largest absolute Gasteiger partial charge is 0.553 e. The van der Waals surface area contributed by atoms with E-state index in [4.69, 9.17) is 9.16 Å². The highest BCUT2D eigenvalue weighted by Gasteiger charge is 2.54. The van der Waals surface area contributed by atoms with Crippen molar-refractivity contribution in [2.24, 2.45) is 17.8 Å². The van der Waals surface area contributed by atoms with E-state index in [0.717, 1.165) is 34.6 Å². The van der Waals surface area contributed by atoms with E-state index in [2.05, 4.69) is 34.6 Å². The Hall–Kier alpha value is -2.33. The maximum Gasteiger partial charge on any atom is 0.331 e. The van der Waals surface area contributed by atoms with Gasteiger partial charge in [-0.2, -0.15) is 0 Å². The van der Waals surface area contributed by atoms with E-state index in [1.165, 1.54) is 66.9 Å². The van der Waals surface area contributed by atoms with Gasteiger partial charge in [-0.3, -0.25) is 0 Å². The molecule has 0 heterocycles. The minimum atomic E-state index is -0.313. The van der Waals surface area contributed by atoms with Crippen molar-refractivity contribution in [2.75, 3.05) is 0 Å². The van der Waals surface area contributed by atoms with Crippen LogP contribution in [0.25, 0.3) is 6.08 Å². The molecule has 4 heteroatoms. The third-order valence-corrected chi connectivity index (χ3v) is 9.64. The maximum absolute atomic E-state index is 12.7. The van der Waals surface area contributed by atoms with Crippen LogP contribution in [0.1, 0.15) is 92.7 Å². The van der Waals surface area contributed by atoms with Crippen molar-refractivity contribution in [3.63, 3.8) is 0 Å². The summed E-state index contributed by atoms with van der Waals surface area (Å²) < 4.78 is 12.3. The lowest BCUT2D eigenvalue weighted by molar-refractivity contribution is -0.138. The topological polar surface area (TPSA) is 35.5 Å². The molecule has 4 aliphatic rings. The summed E-state index contributed by atoms with van der Waals surface area (Å²) in [6, 6.07) is 9.87. The predicted octanol–water partition coefficient (Wildman–Crippen LogP) is 6.48. The van der Waals surface area contributed by atoms with Crippen LogP contribution >= 0.6 is 0 Å². The molecule has 0 amide bonds. The van der Waals surface area contributed by atoms with Crippen LogP contribution in [0.2, 0.25) is 0 Å². The second kappa shape index (κ2) is 9.52. The Kier molecular flexibility index (Phi) is 6.69. The van der Waals surface area contributed by atoms with Crippen LogP contribution in [0.3, 0.4) is 0 Å². The molecule has 4 saturated carbocycles. The first-order valence-corrected chi connectivity index (χ1v) is 14.5. The first-order valence-electron chi connectivity index (χ1n) is 13.7. The fourth-order valence-electron chi connectivity index (χ4n) is 8.22. The summed E-state index contributed by atoms with van der Waals surface area (Å²) in [6.07, 6.45) is 11.5. The van der Waals surface area contributed by atoms with Gasteiger partial charge in [-0.15, -0.1) is 0 Å². The highest BCUT2D eigenvalue weighted by molar-refractivity contribution is 6.00. The minimum Gasteiger partial charge on any atom is -0.553 e. The molecule has 0 atom stereocenters. The van der Waals surface area contributed by atoms with E-state index in [1.54, 1.807) is 0 Å². The Balaban J connectivity index is 1.54. The molecule has 0 aliphatic heterocycles. The van der Waals surface area contributed by atoms with Crippen molar-refractivity contribution in [3.8, 4) is 5.75 Å². The van der Waals surface area contributed by atoms with Gasteiger partial charge in [0.2, 0.25) is 10.5 Å². The number of rotatable bonds is 6. The Bertz CT molecular complexity index is 1140. The molecule has 0 aromatic heterocycles. The van der Waals surface area contributed by atoms with Crippen LogP contribution < -0.4 is 4.43 Å². The van der Waals surface area contributed by atoms with Gasteiger partial charge in [0, 0.05) is 22.6 Å². The molecule has 0 N–H and O–H groups in total. The van der Waals surface area contributed by atoms with Crippen LogP contribution in [0.4, 0.5) is 0 Å². The fourth-order valence-corrected chi connectivity index (χ4v) is 8.67. The fraction of sp³-hybridized carbons (Fsp3) is 0.531. The van der Waals surface area contributed by atoms with Crippen LogP contribution in [0.15, 0.2) is 36.4 Å². The number of ether oxygens (including phenoxy) is 1. The molecule has 0 radical (unpaired) electrons. The molecule has 3 nitrogen and oxygen atoms in total. The van der Waals surface area contributed by atoms with Gasteiger partial charge in [0.15, 0.2) is 0 Å². The third-order valence-electron chi connectivity index (χ3n) is 9.23. The van der Waals surface area contributed by atoms with Crippen LogP contribution in [-0.2, 0) is 27.0 Å². The van der Waals surface area contributed by atoms with Crippen LogP contribution in [0.5, 0.6) is 5.75 Å². The molecule has 0 saturated heterocycles. The lowest BCUT2D eigenvalue weighted by Crippen LogP contribution is -2.49. The van der Waals surface area contributed by atoms with Crippen LogP contribution in [-0.4, -0.2) is 16.5 Å². The number of carbonyl (C=O) groups excluding carboxylic acids is 1. The zero-order chi connectivity index (χ0) is 25.7. The molecule has 192 valence electrons. The molecule has 2 aromatic carbocycles. The molecular weight excluding hydrogens is 460 g/mol. The monoisotopic (exact) mass is 502 g/mol. The van der Waals surface area contributed by atoms with E-state index in [9.17, 15) is 4.79 Å². The number of hydrogen-bond acceptors (Lipinski definition) is 3. The Morgan fingerprint density at radius 2 is 1.58 bits per heavy atom. The molecule has 4 bridgehead atoms. The SMILES string of the molecule is Cc1c(C)c(C(C)(C)C)c(C23CC4CC(CC(C4)C2)C3)c(O[SiH3])c1COC(=O)C=Cc1ccccc1. The summed E-state index contributed by atoms with van der Waals surface area (Å²) in [6.45, 7) is 11.8. The van der Waals surface area contributed by atoms with Gasteiger partial charge in [-0.05, 0) is 104 Å². The van der Waals surface area contributed by atoms with Gasteiger partial charge in [0.1, 0.15) is 12.4 Å². The minimum absolute atomic E-state index is 0.0238. The smallest absolute Gasteiger partial charge is 0.331 e. The van der Waals surface area contributed by atoms with Crippen molar-refractivity contribution < 1.29 is 14.0 Å². The third kappa shape index (κ3) is 4.58. The summed E-state index contributed by atoms with van der Waals surface area (Å²) in [5.41, 5.74) is 7.80. The highest BCUT2D eigenvalue weighted by Crippen LogP contribution is 2.63. The van der Waals surface area contributed by atoms with Gasteiger partial charge in [-0.25, -0.2) is 4.79 Å². The van der Waals surface area contributed by atoms with Gasteiger partial charge < -0.3 is 9.16 Å². The van der Waals surface area contributed by atoms with Crippen LogP contribution in [0, 0.1) is 31.6 Å². The van der Waals surface area contributed by atoms with Crippen molar-refractivity contribution >= 4 is 22.5 Å². The molecule has 36 heavy (non-hydrogen) atoms. The lowest BCUT2D eigenvalue weighted by Gasteiger charge is -2.58. The Morgan fingerprint density at radius 3 is 2.11 bits per heavy atom. The summed E-state index contributed by atoms with van der Waals surface area (Å²) >= 11 is 0. The lowest BCUT2D eigenvalue weighted by atomic mass is 9.47. The first kappa shape index (κ1) is 25.3. The maximum atomic E-state index is 12.7. The summed E-state index contributed by atoms with van der Waals surface area (Å²) in [5.74, 6) is 3.30. The van der Waals surface area contributed by atoms with Gasteiger partial charge >= 0.3 is 5.97 Å². The average Bonchev–Trinajstić information content (AvgIpc) is 2.82. The first-order chi connectivity index (χ1) is 17.1. The summed E-state index contributed by atoms with van der Waals surface area (Å²) in [5, 5.41) is 0. The number of hydrogen-bond donors (Lipinski definition) is 0. The number of benzene rings is 2. The van der Waals surface area contributed by atoms with Gasteiger partial charge in [0.05, 0.1) is 0 Å².